The van der Waals surface area contributed by atoms with Crippen molar-refractivity contribution < 1.29 is 14.4 Å². The van der Waals surface area contributed by atoms with Crippen LogP contribution in [0.15, 0.2) is 37.6 Å². The van der Waals surface area contributed by atoms with Crippen molar-refractivity contribution in [2.75, 3.05) is 6.67 Å². The topological polar surface area (TPSA) is 87.3 Å². The van der Waals surface area contributed by atoms with Gasteiger partial charge < -0.3 is 16.0 Å². The predicted molar refractivity (Wildman–Crippen MR) is 58.8 cm³/mol. The molecule has 0 aromatic rings. The van der Waals surface area contributed by atoms with Crippen LogP contribution in [0.4, 0.5) is 0 Å². The molecule has 0 fully saturated rings. The molecule has 3 amide bonds. The molecule has 0 aliphatic carbocycles. The fraction of sp³-hybridized carbons (Fsp3) is 0.100. The van der Waals surface area contributed by atoms with Gasteiger partial charge in [0.25, 0.3) is 5.91 Å². The maximum Gasteiger partial charge on any atom is 0.268 e. The second kappa shape index (κ2) is 6.99. The van der Waals surface area contributed by atoms with Crippen LogP contribution in [0, 0.1) is 0 Å². The third kappa shape index (κ3) is 5.38. The molecule has 0 aliphatic heterocycles. The van der Waals surface area contributed by atoms with Crippen molar-refractivity contribution in [1.82, 2.24) is 16.0 Å². The van der Waals surface area contributed by atoms with Crippen LogP contribution < -0.4 is 16.0 Å². The first-order valence-electron chi connectivity index (χ1n) is 4.32. The molecule has 0 aromatic heterocycles. The SMILES string of the molecule is C=CC(=O)NCNC(=O)C(=C)NC(=O)C=C. The highest BCUT2D eigenvalue weighted by Gasteiger charge is 2.07. The molecule has 0 aliphatic rings. The van der Waals surface area contributed by atoms with Crippen LogP contribution in [0.1, 0.15) is 0 Å². The second-order valence-electron chi connectivity index (χ2n) is 2.60. The summed E-state index contributed by atoms with van der Waals surface area (Å²) in [5.41, 5.74) is -0.127. The van der Waals surface area contributed by atoms with E-state index >= 15 is 0 Å². The van der Waals surface area contributed by atoms with Crippen LogP contribution in [-0.2, 0) is 14.4 Å². The Morgan fingerprint density at radius 2 is 1.56 bits per heavy atom. The number of rotatable bonds is 6. The molecule has 0 rings (SSSR count). The van der Waals surface area contributed by atoms with Crippen molar-refractivity contribution >= 4 is 17.7 Å². The maximum atomic E-state index is 11.2. The van der Waals surface area contributed by atoms with E-state index in [1.54, 1.807) is 0 Å². The van der Waals surface area contributed by atoms with Crippen LogP contribution in [0.2, 0.25) is 0 Å². The molecule has 0 saturated carbocycles. The lowest BCUT2D eigenvalue weighted by Gasteiger charge is -2.07. The summed E-state index contributed by atoms with van der Waals surface area (Å²) < 4.78 is 0. The Bertz CT molecular complexity index is 347. The number of hydrogen-bond acceptors (Lipinski definition) is 3. The summed E-state index contributed by atoms with van der Waals surface area (Å²) >= 11 is 0. The predicted octanol–water partition coefficient (Wildman–Crippen LogP) is -0.822. The molecule has 6 nitrogen and oxygen atoms in total. The van der Waals surface area contributed by atoms with E-state index in [2.05, 4.69) is 35.7 Å². The molecule has 3 N–H and O–H groups in total. The van der Waals surface area contributed by atoms with E-state index < -0.39 is 17.7 Å². The van der Waals surface area contributed by atoms with E-state index in [1.165, 1.54) is 0 Å². The van der Waals surface area contributed by atoms with Gasteiger partial charge in [-0.15, -0.1) is 0 Å². The largest absolute Gasteiger partial charge is 0.335 e. The molecular weight excluding hydrogens is 210 g/mol. The minimum Gasteiger partial charge on any atom is -0.335 e. The Hall–Kier alpha value is -2.37. The summed E-state index contributed by atoms with van der Waals surface area (Å²) in [6.45, 7) is 9.71. The second-order valence-corrected chi connectivity index (χ2v) is 2.60. The fourth-order valence-corrected chi connectivity index (χ4v) is 0.647. The normalized spacial score (nSPS) is 8.50. The summed E-state index contributed by atoms with van der Waals surface area (Å²) in [5.74, 6) is -1.55. The van der Waals surface area contributed by atoms with Gasteiger partial charge in [-0.1, -0.05) is 19.7 Å². The summed E-state index contributed by atoms with van der Waals surface area (Å²) in [6, 6.07) is 0. The quantitative estimate of drug-likeness (QED) is 0.406. The van der Waals surface area contributed by atoms with Gasteiger partial charge in [0, 0.05) is 0 Å². The molecule has 0 radical (unpaired) electrons. The summed E-state index contributed by atoms with van der Waals surface area (Å²) in [5, 5.41) is 6.82. The Balaban J connectivity index is 3.93. The van der Waals surface area contributed by atoms with Gasteiger partial charge in [0.1, 0.15) is 0 Å². The summed E-state index contributed by atoms with van der Waals surface area (Å²) in [6.07, 6.45) is 2.08. The van der Waals surface area contributed by atoms with Crippen LogP contribution in [0.3, 0.4) is 0 Å². The summed E-state index contributed by atoms with van der Waals surface area (Å²) in [7, 11) is 0. The molecule has 0 heterocycles. The Morgan fingerprint density at radius 3 is 2.06 bits per heavy atom. The average Bonchev–Trinajstić information content (AvgIpc) is 2.28. The van der Waals surface area contributed by atoms with Gasteiger partial charge in [0.2, 0.25) is 11.8 Å². The van der Waals surface area contributed by atoms with Gasteiger partial charge in [-0.25, -0.2) is 0 Å². The number of carbonyl (C=O) groups excluding carboxylic acids is 3. The van der Waals surface area contributed by atoms with E-state index in [0.717, 1.165) is 12.2 Å². The molecule has 0 saturated heterocycles. The van der Waals surface area contributed by atoms with Gasteiger partial charge in [0.15, 0.2) is 0 Å². The van der Waals surface area contributed by atoms with Crippen molar-refractivity contribution in [3.05, 3.63) is 37.6 Å². The van der Waals surface area contributed by atoms with Crippen LogP contribution in [0.5, 0.6) is 0 Å². The fourth-order valence-electron chi connectivity index (χ4n) is 0.647. The van der Waals surface area contributed by atoms with Crippen molar-refractivity contribution in [1.29, 1.82) is 0 Å². The van der Waals surface area contributed by atoms with E-state index in [1.807, 2.05) is 0 Å². The van der Waals surface area contributed by atoms with Gasteiger partial charge in [-0.2, -0.15) is 0 Å². The van der Waals surface area contributed by atoms with Crippen LogP contribution in [0.25, 0.3) is 0 Å². The van der Waals surface area contributed by atoms with Gasteiger partial charge in [-0.05, 0) is 12.2 Å². The zero-order chi connectivity index (χ0) is 12.6. The molecule has 0 atom stereocenters. The lowest BCUT2D eigenvalue weighted by molar-refractivity contribution is -0.121. The molecule has 0 unspecified atom stereocenters. The first-order chi connectivity index (χ1) is 7.51. The van der Waals surface area contributed by atoms with E-state index in [9.17, 15) is 14.4 Å². The van der Waals surface area contributed by atoms with Crippen LogP contribution >= 0.6 is 0 Å². The third-order valence-electron chi connectivity index (χ3n) is 1.43. The molecule has 86 valence electrons. The first-order valence-corrected chi connectivity index (χ1v) is 4.32. The van der Waals surface area contributed by atoms with Crippen molar-refractivity contribution in [2.45, 2.75) is 0 Å². The van der Waals surface area contributed by atoms with Gasteiger partial charge >= 0.3 is 0 Å². The van der Waals surface area contributed by atoms with Crippen molar-refractivity contribution in [2.24, 2.45) is 0 Å². The lowest BCUT2D eigenvalue weighted by Crippen LogP contribution is -2.40. The lowest BCUT2D eigenvalue weighted by atomic mass is 10.4. The molecule has 0 spiro atoms. The first kappa shape index (κ1) is 13.6. The highest BCUT2D eigenvalue weighted by Crippen LogP contribution is 1.83. The molecule has 0 aromatic carbocycles. The minimum atomic E-state index is -0.598. The zero-order valence-corrected chi connectivity index (χ0v) is 8.71. The van der Waals surface area contributed by atoms with Gasteiger partial charge in [-0.3, -0.25) is 14.4 Å². The van der Waals surface area contributed by atoms with Crippen LogP contribution in [-0.4, -0.2) is 24.4 Å². The molecular formula is C10H13N3O3. The standard InChI is InChI=1S/C10H13N3O3/c1-4-8(14)11-6-12-10(16)7(3)13-9(15)5-2/h4-5H,1-3,6H2,(H,11,14)(H,12,16)(H,13,15). The van der Waals surface area contributed by atoms with E-state index in [4.69, 9.17) is 0 Å². The molecule has 6 heteroatoms. The number of hydrogen-bond donors (Lipinski definition) is 3. The average molecular weight is 223 g/mol. The van der Waals surface area contributed by atoms with E-state index in [-0.39, 0.29) is 12.4 Å². The van der Waals surface area contributed by atoms with Gasteiger partial charge in [0.05, 0.1) is 12.4 Å². The molecule has 0 bridgehead atoms. The maximum absolute atomic E-state index is 11.2. The third-order valence-corrected chi connectivity index (χ3v) is 1.43. The number of nitrogens with one attached hydrogen (secondary N) is 3. The summed E-state index contributed by atoms with van der Waals surface area (Å²) in [4.78, 5) is 32.7. The zero-order valence-electron chi connectivity index (χ0n) is 8.71. The number of carbonyl (C=O) groups is 3. The van der Waals surface area contributed by atoms with Crippen molar-refractivity contribution in [3.63, 3.8) is 0 Å². The molecule has 16 heavy (non-hydrogen) atoms. The van der Waals surface area contributed by atoms with E-state index in [0.29, 0.717) is 0 Å². The Morgan fingerprint density at radius 1 is 1.00 bits per heavy atom. The number of amides is 3. The van der Waals surface area contributed by atoms with Crippen molar-refractivity contribution in [3.8, 4) is 0 Å². The highest BCUT2D eigenvalue weighted by molar-refractivity contribution is 5.99. The smallest absolute Gasteiger partial charge is 0.268 e. The Labute approximate surface area is 93.1 Å². The minimum absolute atomic E-state index is 0.0767. The highest BCUT2D eigenvalue weighted by atomic mass is 16.2. The Kier molecular flexibility index (Phi) is 5.96. The monoisotopic (exact) mass is 223 g/mol.